The van der Waals surface area contributed by atoms with E-state index < -0.39 is 37.0 Å². The number of carbonyl (C=O) groups excluding carboxylic acids is 1. The van der Waals surface area contributed by atoms with Crippen LogP contribution in [0.2, 0.25) is 0 Å². The van der Waals surface area contributed by atoms with Gasteiger partial charge in [0.1, 0.15) is 6.61 Å². The zero-order chi connectivity index (χ0) is 11.9. The smallest absolute Gasteiger partial charge is 0.407 e. The molecule has 0 aromatic heterocycles. The minimum Gasteiger partial charge on any atom is -0.447 e. The number of amides is 1. The van der Waals surface area contributed by atoms with Crippen LogP contribution >= 0.6 is 0 Å². The maximum atomic E-state index is 12.1. The lowest BCUT2D eigenvalue weighted by Crippen LogP contribution is -2.50. The third kappa shape index (κ3) is 2.66. The van der Waals surface area contributed by atoms with E-state index in [0.29, 0.717) is 0 Å². The Morgan fingerprint density at radius 1 is 1.20 bits per heavy atom. The molecule has 88 valence electrons. The number of rotatable bonds is 1. The van der Waals surface area contributed by atoms with Gasteiger partial charge in [-0.2, -0.15) is 26.3 Å². The Balaban J connectivity index is 2.88. The molecule has 1 saturated heterocycles. The molecule has 1 rings (SSSR count). The molecule has 0 saturated carbocycles. The molecule has 1 N–H and O–H groups in total. The second-order valence-corrected chi connectivity index (χ2v) is 2.91. The molecule has 1 fully saturated rings. The molecular weight excluding hydrogens is 232 g/mol. The number of hydrogen-bond acceptors (Lipinski definition) is 2. The molecular formula is C6H5F6NO2. The molecule has 0 bridgehead atoms. The standard InChI is InChI=1S/C6H5F6NO2/c7-5(8,9)3(6(10,11)12)2-1-15-4(14)13-2/h2-3H,1H2,(H,13,14). The highest BCUT2D eigenvalue weighted by Crippen LogP contribution is 2.42. The van der Waals surface area contributed by atoms with Crippen LogP contribution in [0.3, 0.4) is 0 Å². The maximum Gasteiger partial charge on any atom is 0.407 e. The fraction of sp³-hybridized carbons (Fsp3) is 0.833. The normalized spacial score (nSPS) is 22.9. The van der Waals surface area contributed by atoms with Gasteiger partial charge < -0.3 is 10.1 Å². The maximum absolute atomic E-state index is 12.1. The number of carbonyl (C=O) groups is 1. The zero-order valence-electron chi connectivity index (χ0n) is 6.95. The van der Waals surface area contributed by atoms with E-state index in [2.05, 4.69) is 4.74 Å². The molecule has 0 aromatic carbocycles. The van der Waals surface area contributed by atoms with E-state index >= 15 is 0 Å². The van der Waals surface area contributed by atoms with Crippen LogP contribution in [-0.4, -0.2) is 31.1 Å². The minimum absolute atomic E-state index is 0.942. The largest absolute Gasteiger partial charge is 0.447 e. The van der Waals surface area contributed by atoms with Crippen molar-refractivity contribution in [3.05, 3.63) is 0 Å². The molecule has 0 aliphatic carbocycles. The molecule has 1 unspecified atom stereocenters. The number of alkyl halides is 6. The van der Waals surface area contributed by atoms with Crippen molar-refractivity contribution < 1.29 is 35.9 Å². The highest BCUT2D eigenvalue weighted by molar-refractivity contribution is 5.69. The SMILES string of the molecule is O=C1NC(C(C(F)(F)F)C(F)(F)F)CO1. The van der Waals surface area contributed by atoms with E-state index in [9.17, 15) is 31.1 Å². The summed E-state index contributed by atoms with van der Waals surface area (Å²) in [5, 5.41) is 1.47. The predicted molar refractivity (Wildman–Crippen MR) is 33.9 cm³/mol. The van der Waals surface area contributed by atoms with Crippen LogP contribution in [0.5, 0.6) is 0 Å². The summed E-state index contributed by atoms with van der Waals surface area (Å²) in [6.07, 6.45) is -12.2. The van der Waals surface area contributed by atoms with Crippen molar-refractivity contribution in [1.29, 1.82) is 0 Å². The quantitative estimate of drug-likeness (QED) is 0.706. The Hall–Kier alpha value is -1.15. The fourth-order valence-corrected chi connectivity index (χ4v) is 1.22. The topological polar surface area (TPSA) is 38.3 Å². The first-order chi connectivity index (χ1) is 6.62. The molecule has 1 atom stereocenters. The Bertz CT molecular complexity index is 245. The van der Waals surface area contributed by atoms with Gasteiger partial charge in [0.15, 0.2) is 5.92 Å². The first-order valence-corrected chi connectivity index (χ1v) is 3.69. The van der Waals surface area contributed by atoms with Crippen LogP contribution in [0, 0.1) is 5.92 Å². The summed E-state index contributed by atoms with van der Waals surface area (Å²) >= 11 is 0. The monoisotopic (exact) mass is 237 g/mol. The van der Waals surface area contributed by atoms with Gasteiger partial charge in [0.25, 0.3) is 0 Å². The molecule has 0 radical (unpaired) electrons. The summed E-state index contributed by atoms with van der Waals surface area (Å²) in [5.74, 6) is -3.60. The molecule has 1 heterocycles. The van der Waals surface area contributed by atoms with Crippen molar-refractivity contribution in [2.75, 3.05) is 6.61 Å². The van der Waals surface area contributed by atoms with Gasteiger partial charge in [-0.3, -0.25) is 0 Å². The average Bonchev–Trinajstić information content (AvgIpc) is 2.28. The van der Waals surface area contributed by atoms with Gasteiger partial charge in [-0.25, -0.2) is 4.79 Å². The molecule has 1 aliphatic rings. The summed E-state index contributed by atoms with van der Waals surface area (Å²) in [5.41, 5.74) is 0. The van der Waals surface area contributed by atoms with Gasteiger partial charge >= 0.3 is 18.4 Å². The second-order valence-electron chi connectivity index (χ2n) is 2.91. The van der Waals surface area contributed by atoms with Crippen LogP contribution in [-0.2, 0) is 4.74 Å². The number of alkyl carbamates (subject to hydrolysis) is 1. The van der Waals surface area contributed by atoms with E-state index in [1.165, 1.54) is 5.32 Å². The second kappa shape index (κ2) is 3.46. The van der Waals surface area contributed by atoms with Crippen LogP contribution in [0.1, 0.15) is 0 Å². The summed E-state index contributed by atoms with van der Waals surface area (Å²) in [6.45, 7) is -0.942. The van der Waals surface area contributed by atoms with Crippen molar-refractivity contribution in [2.24, 2.45) is 5.92 Å². The fourth-order valence-electron chi connectivity index (χ4n) is 1.22. The summed E-state index contributed by atoms with van der Waals surface area (Å²) in [7, 11) is 0. The Kier molecular flexibility index (Phi) is 2.75. The molecule has 1 aliphatic heterocycles. The lowest BCUT2D eigenvalue weighted by Gasteiger charge is -2.26. The van der Waals surface area contributed by atoms with Gasteiger partial charge in [-0.1, -0.05) is 0 Å². The lowest BCUT2D eigenvalue weighted by atomic mass is 10.00. The Morgan fingerprint density at radius 2 is 1.67 bits per heavy atom. The van der Waals surface area contributed by atoms with E-state index in [4.69, 9.17) is 0 Å². The van der Waals surface area contributed by atoms with Crippen molar-refractivity contribution >= 4 is 6.09 Å². The van der Waals surface area contributed by atoms with Crippen LogP contribution in [0.25, 0.3) is 0 Å². The molecule has 0 aromatic rings. The number of ether oxygens (including phenoxy) is 1. The van der Waals surface area contributed by atoms with Gasteiger partial charge in [-0.05, 0) is 0 Å². The number of halogens is 6. The number of nitrogens with one attached hydrogen (secondary N) is 1. The van der Waals surface area contributed by atoms with E-state index in [-0.39, 0.29) is 0 Å². The van der Waals surface area contributed by atoms with Crippen molar-refractivity contribution in [3.8, 4) is 0 Å². The van der Waals surface area contributed by atoms with E-state index in [0.717, 1.165) is 0 Å². The minimum atomic E-state index is -5.47. The Labute approximate surface area is 79.4 Å². The van der Waals surface area contributed by atoms with Crippen molar-refractivity contribution in [1.82, 2.24) is 5.32 Å². The molecule has 0 spiro atoms. The van der Waals surface area contributed by atoms with Gasteiger partial charge in [0.2, 0.25) is 0 Å². The van der Waals surface area contributed by atoms with Crippen molar-refractivity contribution in [3.63, 3.8) is 0 Å². The van der Waals surface area contributed by atoms with Gasteiger partial charge in [0, 0.05) is 0 Å². The van der Waals surface area contributed by atoms with Crippen molar-refractivity contribution in [2.45, 2.75) is 18.4 Å². The van der Waals surface area contributed by atoms with Crippen LogP contribution in [0.15, 0.2) is 0 Å². The third-order valence-corrected chi connectivity index (χ3v) is 1.80. The Morgan fingerprint density at radius 3 is 1.93 bits per heavy atom. The lowest BCUT2D eigenvalue weighted by molar-refractivity contribution is -0.290. The van der Waals surface area contributed by atoms with Gasteiger partial charge in [0.05, 0.1) is 6.04 Å². The predicted octanol–water partition coefficient (Wildman–Crippen LogP) is 1.84. The highest BCUT2D eigenvalue weighted by atomic mass is 19.4. The van der Waals surface area contributed by atoms with Crippen LogP contribution in [0.4, 0.5) is 31.1 Å². The molecule has 3 nitrogen and oxygen atoms in total. The summed E-state index contributed by atoms with van der Waals surface area (Å²) in [4.78, 5) is 10.3. The summed E-state index contributed by atoms with van der Waals surface area (Å²) < 4.78 is 76.4. The molecule has 9 heteroatoms. The third-order valence-electron chi connectivity index (χ3n) is 1.80. The van der Waals surface area contributed by atoms with E-state index in [1.807, 2.05) is 0 Å². The number of cyclic esters (lactones) is 1. The van der Waals surface area contributed by atoms with Crippen LogP contribution < -0.4 is 5.32 Å². The zero-order valence-corrected chi connectivity index (χ0v) is 6.95. The highest BCUT2D eigenvalue weighted by Gasteiger charge is 2.61. The summed E-state index contributed by atoms with van der Waals surface area (Å²) in [6, 6.07) is -2.11. The number of hydrogen-bond donors (Lipinski definition) is 1. The molecule has 15 heavy (non-hydrogen) atoms. The first kappa shape index (κ1) is 11.9. The first-order valence-electron chi connectivity index (χ1n) is 3.69. The van der Waals surface area contributed by atoms with Gasteiger partial charge in [-0.15, -0.1) is 0 Å². The molecule has 1 amide bonds. The average molecular weight is 237 g/mol. The van der Waals surface area contributed by atoms with E-state index in [1.54, 1.807) is 0 Å².